The number of ether oxygens (including phenoxy) is 1. The average Bonchev–Trinajstić information content (AvgIpc) is 3.12. The highest BCUT2D eigenvalue weighted by molar-refractivity contribution is 7.99. The molecule has 0 saturated heterocycles. The lowest BCUT2D eigenvalue weighted by molar-refractivity contribution is -0.394. The zero-order chi connectivity index (χ0) is 16.8. The van der Waals surface area contributed by atoms with E-state index in [-0.39, 0.29) is 18.3 Å². The summed E-state index contributed by atoms with van der Waals surface area (Å²) in [6.07, 6.45) is 1.26. The Morgan fingerprint density at radius 1 is 1.43 bits per heavy atom. The van der Waals surface area contributed by atoms with Crippen molar-refractivity contribution in [3.05, 3.63) is 22.3 Å². The lowest BCUT2D eigenvalue weighted by Crippen LogP contribution is -2.11. The molecule has 0 aliphatic heterocycles. The van der Waals surface area contributed by atoms with Gasteiger partial charge in [0.2, 0.25) is 6.33 Å². The molecular formula is C11H15N7O4S. The predicted octanol–water partition coefficient (Wildman–Crippen LogP) is 0.501. The second-order valence-electron chi connectivity index (χ2n) is 4.24. The van der Waals surface area contributed by atoms with Gasteiger partial charge in [0.15, 0.2) is 11.0 Å². The third-order valence-corrected chi connectivity index (χ3v) is 3.67. The van der Waals surface area contributed by atoms with Crippen molar-refractivity contribution in [1.29, 1.82) is 0 Å². The van der Waals surface area contributed by atoms with Gasteiger partial charge in [-0.15, -0.1) is 10.2 Å². The van der Waals surface area contributed by atoms with Gasteiger partial charge in [-0.1, -0.05) is 16.7 Å². The number of esters is 1. The van der Waals surface area contributed by atoms with E-state index in [4.69, 9.17) is 4.74 Å². The Bertz CT molecular complexity index is 698. The molecule has 0 radical (unpaired) electrons. The van der Waals surface area contributed by atoms with E-state index in [1.165, 1.54) is 22.8 Å². The van der Waals surface area contributed by atoms with Crippen LogP contribution in [-0.4, -0.2) is 52.8 Å². The largest absolute Gasteiger partial charge is 0.490 e. The number of aromatic nitrogens is 6. The molecule has 2 aromatic rings. The molecule has 0 unspecified atom stereocenters. The summed E-state index contributed by atoms with van der Waals surface area (Å²) in [7, 11) is 0. The smallest absolute Gasteiger partial charge is 0.465 e. The van der Waals surface area contributed by atoms with Crippen LogP contribution >= 0.6 is 11.8 Å². The Kier molecular flexibility index (Phi) is 5.62. The molecule has 2 aromatic heterocycles. The average molecular weight is 341 g/mol. The molecule has 2 rings (SSSR count). The number of hydrogen-bond acceptors (Lipinski definition) is 9. The van der Waals surface area contributed by atoms with Crippen LogP contribution in [0.4, 0.5) is 5.95 Å². The topological polar surface area (TPSA) is 131 Å². The van der Waals surface area contributed by atoms with Crippen molar-refractivity contribution in [1.82, 2.24) is 29.5 Å². The lowest BCUT2D eigenvalue weighted by atomic mass is 10.5. The van der Waals surface area contributed by atoms with Crippen LogP contribution in [0.1, 0.15) is 19.7 Å². The van der Waals surface area contributed by atoms with Crippen molar-refractivity contribution in [2.24, 2.45) is 0 Å². The van der Waals surface area contributed by atoms with E-state index in [2.05, 4.69) is 20.3 Å². The summed E-state index contributed by atoms with van der Waals surface area (Å²) >= 11 is 1.22. The highest BCUT2D eigenvalue weighted by Crippen LogP contribution is 2.17. The van der Waals surface area contributed by atoms with Gasteiger partial charge in [0, 0.05) is 11.6 Å². The third kappa shape index (κ3) is 4.25. The van der Waals surface area contributed by atoms with Gasteiger partial charge in [-0.05, 0) is 18.8 Å². The molecular weight excluding hydrogens is 326 g/mol. The second-order valence-corrected chi connectivity index (χ2v) is 5.18. The van der Waals surface area contributed by atoms with Crippen molar-refractivity contribution >= 4 is 23.7 Å². The number of carbonyl (C=O) groups excluding carboxylic acids is 1. The van der Waals surface area contributed by atoms with Gasteiger partial charge >= 0.3 is 11.9 Å². The van der Waals surface area contributed by atoms with Crippen molar-refractivity contribution < 1.29 is 14.5 Å². The van der Waals surface area contributed by atoms with Crippen molar-refractivity contribution in [3.63, 3.8) is 0 Å². The zero-order valence-electron chi connectivity index (χ0n) is 12.6. The Labute approximate surface area is 135 Å². The maximum atomic E-state index is 11.4. The normalized spacial score (nSPS) is 10.7. The summed E-state index contributed by atoms with van der Waals surface area (Å²) in [5.41, 5.74) is 0. The summed E-state index contributed by atoms with van der Waals surface area (Å²) in [5.74, 6) is -0.0828. The minimum absolute atomic E-state index is 0.140. The molecule has 124 valence electrons. The van der Waals surface area contributed by atoms with E-state index in [9.17, 15) is 14.9 Å². The second kappa shape index (κ2) is 7.67. The first-order valence-corrected chi connectivity index (χ1v) is 7.78. The number of hydrogen-bond donors (Lipinski definition) is 0. The maximum absolute atomic E-state index is 11.4. The van der Waals surface area contributed by atoms with Crippen molar-refractivity contribution in [2.45, 2.75) is 32.1 Å². The Morgan fingerprint density at radius 3 is 2.83 bits per heavy atom. The quantitative estimate of drug-likeness (QED) is 0.291. The highest BCUT2D eigenvalue weighted by atomic mass is 32.2. The first kappa shape index (κ1) is 16.9. The SMILES string of the molecule is CCOC(=O)CSc1nnc(Cn2cnc([N+](=O)[O-])n2)n1CC. The molecule has 0 fully saturated rings. The number of nitro groups is 1. The van der Waals surface area contributed by atoms with Gasteiger partial charge < -0.3 is 19.4 Å². The molecule has 2 heterocycles. The van der Waals surface area contributed by atoms with Crippen LogP contribution in [0, 0.1) is 10.1 Å². The molecule has 0 N–H and O–H groups in total. The molecule has 0 atom stereocenters. The number of carbonyl (C=O) groups is 1. The third-order valence-electron chi connectivity index (χ3n) is 2.73. The van der Waals surface area contributed by atoms with Gasteiger partial charge in [-0.3, -0.25) is 4.79 Å². The molecule has 0 bridgehead atoms. The maximum Gasteiger partial charge on any atom is 0.490 e. The van der Waals surface area contributed by atoms with E-state index in [0.717, 1.165) is 0 Å². The fourth-order valence-electron chi connectivity index (χ4n) is 1.78. The van der Waals surface area contributed by atoms with E-state index in [1.54, 1.807) is 11.5 Å². The molecule has 0 spiro atoms. The lowest BCUT2D eigenvalue weighted by Gasteiger charge is -2.06. The van der Waals surface area contributed by atoms with Crippen LogP contribution in [0.15, 0.2) is 11.5 Å². The zero-order valence-corrected chi connectivity index (χ0v) is 13.4. The summed E-state index contributed by atoms with van der Waals surface area (Å²) < 4.78 is 7.98. The Hall–Kier alpha value is -2.50. The first-order chi connectivity index (χ1) is 11.0. The van der Waals surface area contributed by atoms with Crippen LogP contribution in [0.5, 0.6) is 0 Å². The fraction of sp³-hybridized carbons (Fsp3) is 0.545. The van der Waals surface area contributed by atoms with Gasteiger partial charge in [0.25, 0.3) is 0 Å². The Morgan fingerprint density at radius 2 is 2.22 bits per heavy atom. The van der Waals surface area contributed by atoms with Crippen LogP contribution in [0.3, 0.4) is 0 Å². The van der Waals surface area contributed by atoms with E-state index in [0.29, 0.717) is 24.1 Å². The van der Waals surface area contributed by atoms with Gasteiger partial charge in [0.05, 0.1) is 12.4 Å². The Balaban J connectivity index is 2.07. The molecule has 0 aliphatic carbocycles. The molecule has 0 amide bonds. The van der Waals surface area contributed by atoms with Gasteiger partial charge in [-0.25, -0.2) is 0 Å². The van der Waals surface area contributed by atoms with Crippen LogP contribution in [0.25, 0.3) is 0 Å². The first-order valence-electron chi connectivity index (χ1n) is 6.79. The van der Waals surface area contributed by atoms with E-state index >= 15 is 0 Å². The van der Waals surface area contributed by atoms with E-state index < -0.39 is 10.9 Å². The summed E-state index contributed by atoms with van der Waals surface area (Å²) in [6, 6.07) is 0. The predicted molar refractivity (Wildman–Crippen MR) is 78.8 cm³/mol. The monoisotopic (exact) mass is 341 g/mol. The van der Waals surface area contributed by atoms with E-state index in [1.807, 2.05) is 6.92 Å². The summed E-state index contributed by atoms with van der Waals surface area (Å²) in [5, 5.41) is 23.0. The van der Waals surface area contributed by atoms with Crippen LogP contribution < -0.4 is 0 Å². The summed E-state index contributed by atoms with van der Waals surface area (Å²) in [4.78, 5) is 24.9. The number of thioether (sulfide) groups is 1. The van der Waals surface area contributed by atoms with Crippen LogP contribution in [0.2, 0.25) is 0 Å². The fourth-order valence-corrected chi connectivity index (χ4v) is 2.60. The van der Waals surface area contributed by atoms with Gasteiger partial charge in [-0.2, -0.15) is 4.68 Å². The van der Waals surface area contributed by atoms with Crippen molar-refractivity contribution in [3.8, 4) is 0 Å². The number of rotatable bonds is 8. The molecule has 12 heteroatoms. The molecule has 23 heavy (non-hydrogen) atoms. The highest BCUT2D eigenvalue weighted by Gasteiger charge is 2.18. The van der Waals surface area contributed by atoms with Crippen LogP contribution in [-0.2, 0) is 22.6 Å². The minimum Gasteiger partial charge on any atom is -0.465 e. The molecule has 0 aliphatic rings. The summed E-state index contributed by atoms with van der Waals surface area (Å²) in [6.45, 7) is 4.76. The van der Waals surface area contributed by atoms with Crippen molar-refractivity contribution in [2.75, 3.05) is 12.4 Å². The molecule has 0 aromatic carbocycles. The number of nitrogens with zero attached hydrogens (tertiary/aromatic N) is 7. The molecule has 0 saturated carbocycles. The molecule has 11 nitrogen and oxygen atoms in total. The van der Waals surface area contributed by atoms with Gasteiger partial charge in [0.1, 0.15) is 6.54 Å². The minimum atomic E-state index is -0.665. The standard InChI is InChI=1S/C11H15N7O4S/c1-3-17-8(5-16-7-12-10(15-16)18(20)21)13-14-11(17)23-6-9(19)22-4-2/h7H,3-6H2,1-2H3.